The zero-order valence-electron chi connectivity index (χ0n) is 15.9. The van der Waals surface area contributed by atoms with Gasteiger partial charge in [0.1, 0.15) is 23.6 Å². The average molecular weight is 409 g/mol. The van der Waals surface area contributed by atoms with Crippen LogP contribution in [0.4, 0.5) is 15.1 Å². The minimum Gasteiger partial charge on any atom is -0.493 e. The summed E-state index contributed by atoms with van der Waals surface area (Å²) in [6.45, 7) is 2.06. The van der Waals surface area contributed by atoms with E-state index in [2.05, 4.69) is 20.2 Å². The molecular formula is C19H16FN7O3. The van der Waals surface area contributed by atoms with E-state index in [1.54, 1.807) is 23.2 Å². The lowest BCUT2D eigenvalue weighted by atomic mass is 10.0. The third kappa shape index (κ3) is 2.82. The maximum Gasteiger partial charge on any atom is 0.414 e. The van der Waals surface area contributed by atoms with E-state index in [1.807, 2.05) is 6.92 Å². The van der Waals surface area contributed by atoms with Gasteiger partial charge in [-0.1, -0.05) is 0 Å². The number of nitrogens with zero attached hydrogens (tertiary/aromatic N) is 7. The second kappa shape index (κ2) is 6.79. The van der Waals surface area contributed by atoms with Crippen LogP contribution < -0.4 is 9.64 Å². The number of aryl methyl sites for hydroxylation is 1. The number of carbonyl (C=O) groups is 1. The van der Waals surface area contributed by atoms with Gasteiger partial charge in [0.15, 0.2) is 5.65 Å². The van der Waals surface area contributed by atoms with Crippen LogP contribution in [0.15, 0.2) is 37.2 Å². The second-order valence-corrected chi connectivity index (χ2v) is 6.86. The standard InChI is InChI=1S/C19H16FN7O3/c1-11-7-25(9-22-11)15-6-21-18(27-10-23-24-17(15)27)26(19(28)29)8-13-12-4-5-30-16(12)3-2-14(13)20/h2-3,6-7,9-10H,4-5,8H2,1H3,(H,28,29). The predicted molar refractivity (Wildman–Crippen MR) is 102 cm³/mol. The number of amides is 1. The monoisotopic (exact) mass is 409 g/mol. The smallest absolute Gasteiger partial charge is 0.414 e. The van der Waals surface area contributed by atoms with Gasteiger partial charge in [0.05, 0.1) is 31.4 Å². The van der Waals surface area contributed by atoms with E-state index in [4.69, 9.17) is 4.74 Å². The van der Waals surface area contributed by atoms with Crippen molar-refractivity contribution in [2.24, 2.45) is 0 Å². The van der Waals surface area contributed by atoms with Gasteiger partial charge >= 0.3 is 6.09 Å². The van der Waals surface area contributed by atoms with Crippen molar-refractivity contribution in [2.45, 2.75) is 19.9 Å². The number of fused-ring (bicyclic) bond motifs is 2. The number of anilines is 1. The molecule has 1 amide bonds. The minimum atomic E-state index is -1.28. The lowest BCUT2D eigenvalue weighted by Crippen LogP contribution is -2.32. The van der Waals surface area contributed by atoms with Crippen LogP contribution in [0.25, 0.3) is 11.3 Å². The average Bonchev–Trinajstić information content (AvgIpc) is 3.47. The summed E-state index contributed by atoms with van der Waals surface area (Å²) < 4.78 is 23.3. The molecule has 3 aromatic heterocycles. The first-order valence-corrected chi connectivity index (χ1v) is 9.16. The first kappa shape index (κ1) is 18.0. The highest BCUT2D eigenvalue weighted by molar-refractivity contribution is 5.84. The Hall–Kier alpha value is -4.02. The molecule has 0 aliphatic carbocycles. The van der Waals surface area contributed by atoms with Gasteiger partial charge in [0.25, 0.3) is 0 Å². The van der Waals surface area contributed by atoms with Gasteiger partial charge in [-0.15, -0.1) is 10.2 Å². The number of halogens is 1. The van der Waals surface area contributed by atoms with Crippen molar-refractivity contribution in [2.75, 3.05) is 11.5 Å². The molecule has 11 heteroatoms. The molecule has 10 nitrogen and oxygen atoms in total. The molecule has 5 rings (SSSR count). The zero-order valence-corrected chi connectivity index (χ0v) is 15.9. The van der Waals surface area contributed by atoms with Gasteiger partial charge in [0.2, 0.25) is 5.95 Å². The van der Waals surface area contributed by atoms with Crippen molar-refractivity contribution in [1.29, 1.82) is 0 Å². The molecule has 0 radical (unpaired) electrons. The Morgan fingerprint density at radius 2 is 2.20 bits per heavy atom. The summed E-state index contributed by atoms with van der Waals surface area (Å²) in [5.41, 5.74) is 2.73. The van der Waals surface area contributed by atoms with E-state index >= 15 is 0 Å². The molecule has 152 valence electrons. The highest BCUT2D eigenvalue weighted by atomic mass is 19.1. The maximum atomic E-state index is 14.6. The van der Waals surface area contributed by atoms with Crippen molar-refractivity contribution in [3.63, 3.8) is 0 Å². The quantitative estimate of drug-likeness (QED) is 0.551. The molecule has 0 saturated carbocycles. The number of benzene rings is 1. The van der Waals surface area contributed by atoms with Crippen molar-refractivity contribution < 1.29 is 19.0 Å². The van der Waals surface area contributed by atoms with Crippen LogP contribution in [0.1, 0.15) is 16.8 Å². The Morgan fingerprint density at radius 1 is 1.33 bits per heavy atom. The summed E-state index contributed by atoms with van der Waals surface area (Å²) in [5.74, 6) is 0.139. The number of rotatable bonds is 4. The van der Waals surface area contributed by atoms with Crippen molar-refractivity contribution in [3.8, 4) is 11.4 Å². The number of aromatic nitrogens is 6. The van der Waals surface area contributed by atoms with E-state index in [9.17, 15) is 14.3 Å². The molecule has 1 aromatic carbocycles. The first-order chi connectivity index (χ1) is 14.5. The van der Waals surface area contributed by atoms with E-state index in [0.29, 0.717) is 35.7 Å². The van der Waals surface area contributed by atoms with Crippen molar-refractivity contribution in [1.82, 2.24) is 29.1 Å². The maximum absolute atomic E-state index is 14.6. The topological polar surface area (TPSA) is 111 Å². The number of hydrogen-bond acceptors (Lipinski definition) is 6. The molecule has 0 saturated heterocycles. The molecular weight excluding hydrogens is 393 g/mol. The van der Waals surface area contributed by atoms with E-state index in [1.165, 1.54) is 23.0 Å². The summed E-state index contributed by atoms with van der Waals surface area (Å²) in [7, 11) is 0. The first-order valence-electron chi connectivity index (χ1n) is 9.16. The number of ether oxygens (including phenoxy) is 1. The molecule has 0 bridgehead atoms. The van der Waals surface area contributed by atoms with Crippen LogP contribution in [0.2, 0.25) is 0 Å². The van der Waals surface area contributed by atoms with Crippen LogP contribution in [0.3, 0.4) is 0 Å². The predicted octanol–water partition coefficient (Wildman–Crippen LogP) is 2.38. The molecule has 1 aliphatic rings. The third-order valence-corrected chi connectivity index (χ3v) is 5.01. The highest BCUT2D eigenvalue weighted by Gasteiger charge is 2.27. The molecule has 1 N–H and O–H groups in total. The third-order valence-electron chi connectivity index (χ3n) is 5.01. The summed E-state index contributed by atoms with van der Waals surface area (Å²) in [4.78, 5) is 21.6. The van der Waals surface area contributed by atoms with Gasteiger partial charge < -0.3 is 14.4 Å². The van der Waals surface area contributed by atoms with Crippen LogP contribution >= 0.6 is 0 Å². The Bertz CT molecular complexity index is 1280. The molecule has 0 atom stereocenters. The molecule has 4 heterocycles. The fourth-order valence-corrected chi connectivity index (χ4v) is 3.60. The fourth-order valence-electron chi connectivity index (χ4n) is 3.60. The minimum absolute atomic E-state index is 0.0546. The van der Waals surface area contributed by atoms with E-state index in [-0.39, 0.29) is 18.1 Å². The van der Waals surface area contributed by atoms with Gasteiger partial charge in [-0.25, -0.2) is 28.5 Å². The molecule has 0 spiro atoms. The molecule has 0 unspecified atom stereocenters. The molecule has 1 aliphatic heterocycles. The Balaban J connectivity index is 1.61. The Morgan fingerprint density at radius 3 is 2.97 bits per heavy atom. The number of hydrogen-bond donors (Lipinski definition) is 1. The molecule has 0 fully saturated rings. The van der Waals surface area contributed by atoms with Crippen LogP contribution in [0.5, 0.6) is 5.75 Å². The highest BCUT2D eigenvalue weighted by Crippen LogP contribution is 2.32. The number of carboxylic acid groups (broad SMARTS) is 1. The Labute approximate surface area is 169 Å². The summed E-state index contributed by atoms with van der Waals surface area (Å²) in [6.07, 6.45) is 5.51. The number of imidazole rings is 1. The largest absolute Gasteiger partial charge is 0.493 e. The lowest BCUT2D eigenvalue weighted by molar-refractivity contribution is 0.201. The van der Waals surface area contributed by atoms with Gasteiger partial charge in [0, 0.05) is 23.7 Å². The molecule has 4 aromatic rings. The fraction of sp³-hybridized carbons (Fsp3) is 0.211. The van der Waals surface area contributed by atoms with E-state index < -0.39 is 11.9 Å². The van der Waals surface area contributed by atoms with Crippen LogP contribution in [-0.4, -0.2) is 46.9 Å². The van der Waals surface area contributed by atoms with Crippen molar-refractivity contribution >= 4 is 17.7 Å². The van der Waals surface area contributed by atoms with Gasteiger partial charge in [-0.05, 0) is 19.1 Å². The second-order valence-electron chi connectivity index (χ2n) is 6.86. The van der Waals surface area contributed by atoms with Crippen LogP contribution in [-0.2, 0) is 13.0 Å². The lowest BCUT2D eigenvalue weighted by Gasteiger charge is -2.21. The Kier molecular flexibility index (Phi) is 4.09. The normalized spacial score (nSPS) is 12.7. The van der Waals surface area contributed by atoms with Gasteiger partial charge in [-0.2, -0.15) is 0 Å². The van der Waals surface area contributed by atoms with Crippen LogP contribution in [0, 0.1) is 12.7 Å². The summed E-state index contributed by atoms with van der Waals surface area (Å²) >= 11 is 0. The summed E-state index contributed by atoms with van der Waals surface area (Å²) in [6, 6.07) is 2.84. The van der Waals surface area contributed by atoms with E-state index in [0.717, 1.165) is 10.6 Å². The van der Waals surface area contributed by atoms with Crippen molar-refractivity contribution in [3.05, 3.63) is 59.8 Å². The SMILES string of the molecule is Cc1cn(-c2cnc(N(Cc3c(F)ccc4c3CCO4)C(=O)O)n3cnnc23)cn1. The summed E-state index contributed by atoms with van der Waals surface area (Å²) in [5, 5.41) is 17.9. The van der Waals surface area contributed by atoms with Gasteiger partial charge in [-0.3, -0.25) is 0 Å². The zero-order chi connectivity index (χ0) is 20.8. The molecule has 30 heavy (non-hydrogen) atoms.